The van der Waals surface area contributed by atoms with E-state index in [0.29, 0.717) is 11.8 Å². The van der Waals surface area contributed by atoms with Crippen LogP contribution in [0, 0.1) is 41.5 Å². The molecule has 8 rings (SSSR count). The van der Waals surface area contributed by atoms with Crippen LogP contribution in [0.2, 0.25) is 10.0 Å². The summed E-state index contributed by atoms with van der Waals surface area (Å²) >= 11 is 12.3. The summed E-state index contributed by atoms with van der Waals surface area (Å²) in [7, 11) is 0. The van der Waals surface area contributed by atoms with Crippen LogP contribution in [0.25, 0.3) is 33.4 Å². The van der Waals surface area contributed by atoms with Crippen LogP contribution in [0.1, 0.15) is 45.7 Å². The van der Waals surface area contributed by atoms with Crippen molar-refractivity contribution >= 4 is 52.2 Å². The molecule has 1 unspecified atom stereocenters. The van der Waals surface area contributed by atoms with E-state index in [1.807, 2.05) is 0 Å². The minimum atomic E-state index is 0. The smallest absolute Gasteiger partial charge is 0.0181 e. The molecule has 0 fully saturated rings. The molecule has 0 saturated carbocycles. The molecular weight excluding hydrogens is 834 g/mol. The summed E-state index contributed by atoms with van der Waals surface area (Å²) in [6, 6.07) is 56.0. The molecule has 0 radical (unpaired) electrons. The summed E-state index contributed by atoms with van der Waals surface area (Å²) in [5.74, 6) is 1.22. The SMILES string of the molecule is CC(C)C1[C-]=CC(C(C)(C)C)=C1.Cl.Cl.Clc1cc[c-]cc1.Clc1cc[c-]cc1.[CH2]=[Zr].[c-]1c(-c2ccccc2)ccc2c1Cc1cc(-c3ccccc3)ccc1-2. The Hall–Kier alpha value is -3.29. The molecule has 0 nitrogen and oxygen atoms in total. The van der Waals surface area contributed by atoms with E-state index in [2.05, 4.69) is 166 Å². The normalized spacial score (nSPS) is 12.8. The van der Waals surface area contributed by atoms with Crippen molar-refractivity contribution in [3.05, 3.63) is 203 Å². The molecular formula is C50H48Cl4Zr-4. The molecule has 0 aliphatic heterocycles. The summed E-state index contributed by atoms with van der Waals surface area (Å²) in [5.41, 5.74) is 12.1. The third kappa shape index (κ3) is 15.0. The Morgan fingerprint density at radius 3 is 1.60 bits per heavy atom. The molecule has 0 saturated heterocycles. The largest absolute Gasteiger partial charge is 0.143 e. The average molecular weight is 882 g/mol. The van der Waals surface area contributed by atoms with Gasteiger partial charge in [0.25, 0.3) is 0 Å². The van der Waals surface area contributed by atoms with E-state index in [0.717, 1.165) is 16.5 Å². The standard InChI is InChI=1S/C25H17.C12H19.2C6H4Cl.CH2.2ClH.Zr/c1-3-7-18(8-4-1)20-11-13-24-22(15-20)17-23-16-21(12-14-25(23)24)19-9-5-2-6-10-19;1-9(2)10-6-7-11(8-10)12(3,4)5;2*7-6-4-2-1-3-5-6;;;;/h1-15H,17H2;7-10H,1-5H3;2*2-5H;1H2;2*1H;/q4*-1;;;;. The molecule has 0 amide bonds. The molecule has 0 N–H and O–H groups in total. The van der Waals surface area contributed by atoms with Gasteiger partial charge in [0.2, 0.25) is 0 Å². The molecule has 55 heavy (non-hydrogen) atoms. The van der Waals surface area contributed by atoms with Crippen molar-refractivity contribution in [1.29, 1.82) is 0 Å². The van der Waals surface area contributed by atoms with Crippen LogP contribution >= 0.6 is 48.0 Å². The van der Waals surface area contributed by atoms with E-state index in [4.69, 9.17) is 23.2 Å². The Labute approximate surface area is 367 Å². The van der Waals surface area contributed by atoms with Crippen LogP contribution < -0.4 is 0 Å². The predicted octanol–water partition coefficient (Wildman–Crippen LogP) is 15.1. The van der Waals surface area contributed by atoms with Crippen molar-refractivity contribution in [2.24, 2.45) is 17.3 Å². The fraction of sp³-hybridized carbons (Fsp3) is 0.180. The molecule has 0 bridgehead atoms. The van der Waals surface area contributed by atoms with Gasteiger partial charge in [-0.2, -0.15) is 72.3 Å². The number of benzene rings is 6. The maximum Gasteiger partial charge on any atom is -0.0181 e. The number of rotatable bonds is 3. The van der Waals surface area contributed by atoms with Gasteiger partial charge >= 0.3 is 28.4 Å². The second-order valence-electron chi connectivity index (χ2n) is 13.9. The molecule has 0 aromatic heterocycles. The zero-order valence-electron chi connectivity index (χ0n) is 32.1. The summed E-state index contributed by atoms with van der Waals surface area (Å²) in [4.78, 5) is 0. The Bertz CT molecular complexity index is 1930. The van der Waals surface area contributed by atoms with Gasteiger partial charge in [-0.15, -0.1) is 77.3 Å². The Balaban J connectivity index is 0.000000291. The van der Waals surface area contributed by atoms with Gasteiger partial charge < -0.3 is 0 Å². The van der Waals surface area contributed by atoms with E-state index in [1.165, 1.54) is 74.3 Å². The molecule has 5 heteroatoms. The Morgan fingerprint density at radius 2 is 1.16 bits per heavy atom. The fourth-order valence-corrected chi connectivity index (χ4v) is 6.03. The van der Waals surface area contributed by atoms with E-state index in [1.54, 1.807) is 48.5 Å². The zero-order valence-corrected chi connectivity index (χ0v) is 37.7. The van der Waals surface area contributed by atoms with Gasteiger partial charge in [0.1, 0.15) is 0 Å². The molecule has 284 valence electrons. The number of allylic oxidation sites excluding steroid dienone is 4. The molecule has 1 atom stereocenters. The van der Waals surface area contributed by atoms with Gasteiger partial charge in [-0.1, -0.05) is 157 Å². The summed E-state index contributed by atoms with van der Waals surface area (Å²) in [5, 5.41) is 1.53. The van der Waals surface area contributed by atoms with Crippen molar-refractivity contribution in [3.63, 3.8) is 0 Å². The van der Waals surface area contributed by atoms with Crippen molar-refractivity contribution in [2.45, 2.75) is 41.0 Å². The molecule has 0 heterocycles. The first-order valence-electron chi connectivity index (χ1n) is 17.8. The second kappa shape index (κ2) is 24.4. The second-order valence-corrected chi connectivity index (χ2v) is 14.8. The summed E-state index contributed by atoms with van der Waals surface area (Å²) in [6.07, 6.45) is 8.87. The van der Waals surface area contributed by atoms with Gasteiger partial charge in [-0.05, 0) is 23.1 Å². The number of halogens is 4. The molecule has 2 aliphatic carbocycles. The first-order chi connectivity index (χ1) is 25.6. The van der Waals surface area contributed by atoms with E-state index in [-0.39, 0.29) is 30.2 Å². The molecule has 2 aliphatic rings. The van der Waals surface area contributed by atoms with Gasteiger partial charge in [0.05, 0.1) is 0 Å². The monoisotopic (exact) mass is 878 g/mol. The van der Waals surface area contributed by atoms with Crippen molar-refractivity contribution < 1.29 is 24.2 Å². The molecule has 6 aromatic rings. The van der Waals surface area contributed by atoms with E-state index in [9.17, 15) is 0 Å². The van der Waals surface area contributed by atoms with Gasteiger partial charge in [-0.25, -0.2) is 6.08 Å². The quantitative estimate of drug-likeness (QED) is 0.155. The summed E-state index contributed by atoms with van der Waals surface area (Å²) in [6.45, 7) is 11.2. The minimum Gasteiger partial charge on any atom is -0.143 e. The van der Waals surface area contributed by atoms with Crippen molar-refractivity contribution in [1.82, 2.24) is 0 Å². The number of hydrogen-bond donors (Lipinski definition) is 0. The van der Waals surface area contributed by atoms with Crippen LogP contribution in [-0.4, -0.2) is 4.21 Å². The van der Waals surface area contributed by atoms with Gasteiger partial charge in [0, 0.05) is 0 Å². The Morgan fingerprint density at radius 1 is 0.655 bits per heavy atom. The fourth-order valence-electron chi connectivity index (χ4n) is 5.78. The summed E-state index contributed by atoms with van der Waals surface area (Å²) < 4.78 is 3.34. The maximum atomic E-state index is 5.52. The minimum absolute atomic E-state index is 0. The van der Waals surface area contributed by atoms with Crippen LogP contribution in [0.5, 0.6) is 0 Å². The maximum absolute atomic E-state index is 5.52. The number of fused-ring (bicyclic) bond motifs is 3. The van der Waals surface area contributed by atoms with Gasteiger partial charge in [-0.3, -0.25) is 6.08 Å². The van der Waals surface area contributed by atoms with Crippen LogP contribution in [0.3, 0.4) is 0 Å². The molecule has 0 spiro atoms. The predicted molar refractivity (Wildman–Crippen MR) is 240 cm³/mol. The zero-order chi connectivity index (χ0) is 38.2. The van der Waals surface area contributed by atoms with Crippen LogP contribution in [0.4, 0.5) is 0 Å². The first kappa shape index (κ1) is 47.9. The third-order valence-electron chi connectivity index (χ3n) is 8.71. The first-order valence-corrected chi connectivity index (χ1v) is 20.3. The van der Waals surface area contributed by atoms with Gasteiger partial charge in [0.15, 0.2) is 0 Å². The van der Waals surface area contributed by atoms with Crippen molar-refractivity contribution in [3.8, 4) is 33.4 Å². The average Bonchev–Trinajstić information content (AvgIpc) is 3.84. The van der Waals surface area contributed by atoms with Crippen LogP contribution in [0.15, 0.2) is 157 Å². The van der Waals surface area contributed by atoms with Crippen molar-refractivity contribution in [2.75, 3.05) is 0 Å². The van der Waals surface area contributed by atoms with E-state index < -0.39 is 0 Å². The third-order valence-corrected chi connectivity index (χ3v) is 9.22. The van der Waals surface area contributed by atoms with E-state index >= 15 is 0 Å². The molecule has 6 aromatic carbocycles. The Kier molecular flexibility index (Phi) is 21.2. The van der Waals surface area contributed by atoms with Crippen LogP contribution in [-0.2, 0) is 30.7 Å². The number of hydrogen-bond acceptors (Lipinski definition) is 0. The topological polar surface area (TPSA) is 0 Å².